The van der Waals surface area contributed by atoms with Crippen LogP contribution in [0.3, 0.4) is 0 Å². The third kappa shape index (κ3) is 3.97. The Morgan fingerprint density at radius 2 is 1.76 bits per heavy atom. The smallest absolute Gasteiger partial charge is 0.144 e. The van der Waals surface area contributed by atoms with E-state index >= 15 is 0 Å². The topological polar surface area (TPSA) is 37.8 Å². The highest BCUT2D eigenvalue weighted by molar-refractivity contribution is 9.10. The van der Waals surface area contributed by atoms with E-state index in [1.54, 1.807) is 0 Å². The lowest BCUT2D eigenvalue weighted by atomic mass is 9.82. The van der Waals surface area contributed by atoms with Crippen LogP contribution < -0.4 is 5.32 Å². The number of halogens is 1. The summed E-state index contributed by atoms with van der Waals surface area (Å²) in [6, 6.07) is 0. The normalized spacial score (nSPS) is 23.1. The zero-order chi connectivity index (χ0) is 15.6. The molecule has 0 bridgehead atoms. The first kappa shape index (κ1) is 16.7. The molecule has 0 radical (unpaired) electrons. The molecule has 1 aliphatic rings. The van der Waals surface area contributed by atoms with E-state index in [-0.39, 0.29) is 5.41 Å². The minimum atomic E-state index is 0.0165. The molecule has 0 atom stereocenters. The predicted molar refractivity (Wildman–Crippen MR) is 93.0 cm³/mol. The maximum absolute atomic E-state index is 4.94. The minimum absolute atomic E-state index is 0.0165. The van der Waals surface area contributed by atoms with Gasteiger partial charge in [-0.1, -0.05) is 40.5 Å². The van der Waals surface area contributed by atoms with Gasteiger partial charge in [0.15, 0.2) is 0 Å². The van der Waals surface area contributed by atoms with Gasteiger partial charge in [-0.05, 0) is 41.6 Å². The van der Waals surface area contributed by atoms with E-state index in [1.165, 1.54) is 25.7 Å². The lowest BCUT2D eigenvalue weighted by Crippen LogP contribution is -2.21. The molecule has 4 heteroatoms. The molecule has 0 saturated heterocycles. The van der Waals surface area contributed by atoms with E-state index in [0.717, 1.165) is 34.3 Å². The van der Waals surface area contributed by atoms with E-state index in [1.807, 2.05) is 0 Å². The van der Waals surface area contributed by atoms with Crippen LogP contribution in [0, 0.1) is 5.92 Å². The van der Waals surface area contributed by atoms with Gasteiger partial charge in [-0.15, -0.1) is 0 Å². The van der Waals surface area contributed by atoms with Crippen LogP contribution in [0.4, 0.5) is 5.82 Å². The number of nitrogens with zero attached hydrogens (tertiary/aromatic N) is 2. The van der Waals surface area contributed by atoms with Gasteiger partial charge in [-0.2, -0.15) is 0 Å². The lowest BCUT2D eigenvalue weighted by Gasteiger charge is -2.28. The van der Waals surface area contributed by atoms with Crippen LogP contribution in [-0.2, 0) is 5.41 Å². The molecule has 21 heavy (non-hydrogen) atoms. The largest absolute Gasteiger partial charge is 0.369 e. The van der Waals surface area contributed by atoms with Gasteiger partial charge in [-0.3, -0.25) is 0 Å². The summed E-state index contributed by atoms with van der Waals surface area (Å²) in [7, 11) is 0. The Labute approximate surface area is 137 Å². The molecule has 1 aromatic rings. The van der Waals surface area contributed by atoms with Gasteiger partial charge in [0.05, 0.1) is 10.2 Å². The van der Waals surface area contributed by atoms with Crippen LogP contribution >= 0.6 is 15.9 Å². The number of aromatic nitrogens is 2. The molecule has 3 nitrogen and oxygen atoms in total. The fraction of sp³-hybridized carbons (Fsp3) is 0.765. The molecule has 1 fully saturated rings. The number of hydrogen-bond acceptors (Lipinski definition) is 3. The summed E-state index contributed by atoms with van der Waals surface area (Å²) >= 11 is 3.70. The molecular formula is C17H28BrN3. The van der Waals surface area contributed by atoms with Crippen molar-refractivity contribution in [2.75, 3.05) is 11.9 Å². The Bertz CT molecular complexity index is 486. The summed E-state index contributed by atoms with van der Waals surface area (Å²) in [4.78, 5) is 9.75. The third-order valence-corrected chi connectivity index (χ3v) is 5.06. The summed E-state index contributed by atoms with van der Waals surface area (Å²) in [6.07, 6.45) is 5.03. The predicted octanol–water partition coefficient (Wildman–Crippen LogP) is 5.26. The zero-order valence-electron chi connectivity index (χ0n) is 14.0. The first-order valence-corrected chi connectivity index (χ1v) is 8.94. The SMILES string of the molecule is CCNc1nc(C2CCC(C)CC2)nc(C(C)(C)C)c1Br. The van der Waals surface area contributed by atoms with Crippen molar-refractivity contribution in [1.82, 2.24) is 9.97 Å². The van der Waals surface area contributed by atoms with E-state index < -0.39 is 0 Å². The number of nitrogens with one attached hydrogen (secondary N) is 1. The van der Waals surface area contributed by atoms with Crippen molar-refractivity contribution in [3.05, 3.63) is 16.0 Å². The Hall–Kier alpha value is -0.640. The first-order chi connectivity index (χ1) is 9.82. The van der Waals surface area contributed by atoms with Crippen LogP contribution in [-0.4, -0.2) is 16.5 Å². The Kier molecular flexibility index (Phi) is 5.29. The molecule has 0 unspecified atom stereocenters. The van der Waals surface area contributed by atoms with E-state index in [2.05, 4.69) is 55.9 Å². The van der Waals surface area contributed by atoms with Gasteiger partial charge < -0.3 is 5.32 Å². The van der Waals surface area contributed by atoms with Gasteiger partial charge >= 0.3 is 0 Å². The summed E-state index contributed by atoms with van der Waals surface area (Å²) in [5.41, 5.74) is 1.13. The fourth-order valence-electron chi connectivity index (χ4n) is 2.95. The molecule has 1 heterocycles. The Balaban J connectivity index is 2.39. The van der Waals surface area contributed by atoms with Gasteiger partial charge in [0, 0.05) is 17.9 Å². The molecule has 1 saturated carbocycles. The lowest BCUT2D eigenvalue weighted by molar-refractivity contribution is 0.338. The van der Waals surface area contributed by atoms with Gasteiger partial charge in [0.1, 0.15) is 11.6 Å². The molecule has 0 amide bonds. The van der Waals surface area contributed by atoms with E-state index in [9.17, 15) is 0 Å². The summed E-state index contributed by atoms with van der Waals surface area (Å²) in [5, 5.41) is 3.38. The van der Waals surface area contributed by atoms with Crippen molar-refractivity contribution in [3.63, 3.8) is 0 Å². The minimum Gasteiger partial charge on any atom is -0.369 e. The van der Waals surface area contributed by atoms with Crippen molar-refractivity contribution >= 4 is 21.7 Å². The Morgan fingerprint density at radius 1 is 1.14 bits per heavy atom. The van der Waals surface area contributed by atoms with Crippen molar-refractivity contribution in [3.8, 4) is 0 Å². The van der Waals surface area contributed by atoms with E-state index in [4.69, 9.17) is 9.97 Å². The van der Waals surface area contributed by atoms with Crippen LogP contribution in [0.1, 0.15) is 77.7 Å². The Morgan fingerprint density at radius 3 is 2.29 bits per heavy atom. The second-order valence-corrected chi connectivity index (χ2v) is 8.12. The van der Waals surface area contributed by atoms with Crippen molar-refractivity contribution in [2.24, 2.45) is 5.92 Å². The fourth-order valence-corrected chi connectivity index (χ4v) is 3.86. The molecule has 1 N–H and O–H groups in total. The van der Waals surface area contributed by atoms with Crippen LogP contribution in [0.2, 0.25) is 0 Å². The van der Waals surface area contributed by atoms with Crippen LogP contribution in [0.15, 0.2) is 4.47 Å². The van der Waals surface area contributed by atoms with E-state index in [0.29, 0.717) is 5.92 Å². The molecule has 0 aromatic carbocycles. The maximum atomic E-state index is 4.94. The zero-order valence-corrected chi connectivity index (χ0v) is 15.5. The molecule has 1 aromatic heterocycles. The number of anilines is 1. The summed E-state index contributed by atoms with van der Waals surface area (Å²) in [5.74, 6) is 3.36. The van der Waals surface area contributed by atoms with Gasteiger partial charge in [0.25, 0.3) is 0 Å². The van der Waals surface area contributed by atoms with Crippen LogP contribution in [0.5, 0.6) is 0 Å². The van der Waals surface area contributed by atoms with Gasteiger partial charge in [0.2, 0.25) is 0 Å². The van der Waals surface area contributed by atoms with Crippen molar-refractivity contribution < 1.29 is 0 Å². The summed E-state index contributed by atoms with van der Waals surface area (Å²) < 4.78 is 1.02. The summed E-state index contributed by atoms with van der Waals surface area (Å²) in [6.45, 7) is 12.0. The second-order valence-electron chi connectivity index (χ2n) is 7.33. The monoisotopic (exact) mass is 353 g/mol. The quantitative estimate of drug-likeness (QED) is 0.804. The average Bonchev–Trinajstić information content (AvgIpc) is 2.41. The second kappa shape index (κ2) is 6.64. The van der Waals surface area contributed by atoms with Crippen molar-refractivity contribution in [1.29, 1.82) is 0 Å². The molecular weight excluding hydrogens is 326 g/mol. The molecule has 118 valence electrons. The molecule has 2 rings (SSSR count). The standard InChI is InChI=1S/C17H28BrN3/c1-6-19-16-13(18)14(17(3,4)5)20-15(21-16)12-9-7-11(2)8-10-12/h11-12H,6-10H2,1-5H3,(H,19,20,21). The highest BCUT2D eigenvalue weighted by Gasteiger charge is 2.27. The highest BCUT2D eigenvalue weighted by Crippen LogP contribution is 2.38. The van der Waals surface area contributed by atoms with Crippen LogP contribution in [0.25, 0.3) is 0 Å². The number of hydrogen-bond donors (Lipinski definition) is 1. The molecule has 0 spiro atoms. The number of rotatable bonds is 3. The highest BCUT2D eigenvalue weighted by atomic mass is 79.9. The maximum Gasteiger partial charge on any atom is 0.144 e. The van der Waals surface area contributed by atoms with Crippen molar-refractivity contribution in [2.45, 2.75) is 71.6 Å². The average molecular weight is 354 g/mol. The molecule has 1 aliphatic carbocycles. The molecule has 0 aliphatic heterocycles. The van der Waals surface area contributed by atoms with Gasteiger partial charge in [-0.25, -0.2) is 9.97 Å². The first-order valence-electron chi connectivity index (χ1n) is 8.14. The third-order valence-electron chi connectivity index (χ3n) is 4.30.